The van der Waals surface area contributed by atoms with Gasteiger partial charge in [0.25, 0.3) is 5.91 Å². The highest BCUT2D eigenvalue weighted by Gasteiger charge is 2.19. The van der Waals surface area contributed by atoms with Crippen LogP contribution in [0, 0.1) is 0 Å². The van der Waals surface area contributed by atoms with Crippen LogP contribution < -0.4 is 14.9 Å². The van der Waals surface area contributed by atoms with Gasteiger partial charge in [-0.25, -0.2) is 10.2 Å². The summed E-state index contributed by atoms with van der Waals surface area (Å²) in [4.78, 5) is 25.2. The van der Waals surface area contributed by atoms with Gasteiger partial charge in [-0.05, 0) is 35.2 Å². The Morgan fingerprint density at radius 2 is 1.67 bits per heavy atom. The zero-order chi connectivity index (χ0) is 24.9. The van der Waals surface area contributed by atoms with Crippen molar-refractivity contribution in [1.29, 1.82) is 0 Å². The Balaban J connectivity index is 1.18. The van der Waals surface area contributed by atoms with Gasteiger partial charge in [-0.3, -0.25) is 4.79 Å². The lowest BCUT2D eigenvalue weighted by molar-refractivity contribution is -0.123. The number of carbonyl (C=O) groups excluding carboxylic acids is 2. The third-order valence-electron chi connectivity index (χ3n) is 5.30. The van der Waals surface area contributed by atoms with Crippen molar-refractivity contribution in [3.8, 4) is 11.5 Å². The van der Waals surface area contributed by atoms with Crippen LogP contribution in [-0.2, 0) is 4.79 Å². The molecule has 0 radical (unpaired) electrons. The zero-order valence-electron chi connectivity index (χ0n) is 18.8. The SMILES string of the molecule is O=C(COc1cccc2ccccc12)N/N=C/c1cccc(OC(=O)c2sc3ccccc3c2Cl)c1. The van der Waals surface area contributed by atoms with Gasteiger partial charge >= 0.3 is 5.97 Å². The van der Waals surface area contributed by atoms with E-state index in [0.29, 0.717) is 27.0 Å². The summed E-state index contributed by atoms with van der Waals surface area (Å²) in [6.45, 7) is -0.182. The molecule has 5 rings (SSSR count). The molecule has 1 heterocycles. The minimum atomic E-state index is -0.533. The molecule has 0 aliphatic carbocycles. The Labute approximate surface area is 215 Å². The number of hydrazone groups is 1. The Bertz CT molecular complexity index is 1610. The van der Waals surface area contributed by atoms with E-state index >= 15 is 0 Å². The summed E-state index contributed by atoms with van der Waals surface area (Å²) in [6.07, 6.45) is 1.46. The number of nitrogens with one attached hydrogen (secondary N) is 1. The first-order chi connectivity index (χ1) is 17.6. The van der Waals surface area contributed by atoms with Crippen molar-refractivity contribution in [3.05, 3.63) is 106 Å². The number of halogens is 1. The number of carbonyl (C=O) groups is 2. The topological polar surface area (TPSA) is 77.0 Å². The first kappa shape index (κ1) is 23.5. The van der Waals surface area contributed by atoms with Gasteiger partial charge in [0.15, 0.2) is 6.61 Å². The molecule has 0 unspecified atom stereocenters. The monoisotopic (exact) mass is 514 g/mol. The lowest BCUT2D eigenvalue weighted by Crippen LogP contribution is -2.24. The molecule has 6 nitrogen and oxygen atoms in total. The molecule has 0 saturated heterocycles. The number of esters is 1. The third-order valence-corrected chi connectivity index (χ3v) is 6.96. The van der Waals surface area contributed by atoms with Crippen LogP contribution >= 0.6 is 22.9 Å². The molecule has 0 aliphatic heterocycles. The van der Waals surface area contributed by atoms with Crippen molar-refractivity contribution in [2.45, 2.75) is 0 Å². The fraction of sp³-hybridized carbons (Fsp3) is 0.0357. The number of hydrogen-bond acceptors (Lipinski definition) is 6. The molecule has 36 heavy (non-hydrogen) atoms. The van der Waals surface area contributed by atoms with Crippen LogP contribution in [0.25, 0.3) is 20.9 Å². The number of rotatable bonds is 7. The number of nitrogens with zero attached hydrogens (tertiary/aromatic N) is 1. The standard InChI is InChI=1S/C28H19ClN2O4S/c29-26-22-12-3-4-14-24(22)36-27(26)28(33)35-20-10-5-7-18(15-20)16-30-31-25(32)17-34-23-13-6-9-19-8-1-2-11-21(19)23/h1-16H,17H2,(H,31,32)/b30-16+. The Morgan fingerprint density at radius 1 is 0.917 bits per heavy atom. The molecular weight excluding hydrogens is 496 g/mol. The Kier molecular flexibility index (Phi) is 6.93. The van der Waals surface area contributed by atoms with Gasteiger partial charge in [-0.1, -0.05) is 78.3 Å². The number of amides is 1. The van der Waals surface area contributed by atoms with Gasteiger partial charge in [0.2, 0.25) is 0 Å². The predicted octanol–water partition coefficient (Wildman–Crippen LogP) is 6.46. The van der Waals surface area contributed by atoms with Crippen LogP contribution in [0.1, 0.15) is 15.2 Å². The smallest absolute Gasteiger partial charge is 0.355 e. The average molecular weight is 515 g/mol. The van der Waals surface area contributed by atoms with Crippen LogP contribution in [-0.4, -0.2) is 24.7 Å². The minimum Gasteiger partial charge on any atom is -0.483 e. The van der Waals surface area contributed by atoms with E-state index in [2.05, 4.69) is 10.5 Å². The number of thiophene rings is 1. The molecule has 0 atom stereocenters. The minimum absolute atomic E-state index is 0.182. The van der Waals surface area contributed by atoms with Crippen molar-refractivity contribution >= 4 is 61.9 Å². The molecular formula is C28H19ClN2O4S. The van der Waals surface area contributed by atoms with Gasteiger partial charge in [-0.15, -0.1) is 11.3 Å². The second-order valence-electron chi connectivity index (χ2n) is 7.76. The fourth-order valence-corrected chi connectivity index (χ4v) is 5.02. The van der Waals surface area contributed by atoms with Crippen LogP contribution in [0.2, 0.25) is 5.02 Å². The number of benzene rings is 4. The fourth-order valence-electron chi connectivity index (χ4n) is 3.63. The van der Waals surface area contributed by atoms with E-state index in [1.54, 1.807) is 24.3 Å². The summed E-state index contributed by atoms with van der Waals surface area (Å²) in [7, 11) is 0. The first-order valence-corrected chi connectivity index (χ1v) is 12.2. The van der Waals surface area contributed by atoms with Crippen molar-refractivity contribution in [3.63, 3.8) is 0 Å². The van der Waals surface area contributed by atoms with E-state index in [-0.39, 0.29) is 6.61 Å². The van der Waals surface area contributed by atoms with Crippen LogP contribution in [0.15, 0.2) is 96.1 Å². The van der Waals surface area contributed by atoms with Gasteiger partial charge < -0.3 is 9.47 Å². The summed E-state index contributed by atoms with van der Waals surface area (Å²) in [5, 5.41) is 7.13. The maximum Gasteiger partial charge on any atom is 0.355 e. The maximum absolute atomic E-state index is 12.7. The highest BCUT2D eigenvalue weighted by Crippen LogP contribution is 2.35. The van der Waals surface area contributed by atoms with Crippen molar-refractivity contribution < 1.29 is 19.1 Å². The molecule has 0 aliphatic rings. The van der Waals surface area contributed by atoms with Crippen molar-refractivity contribution in [1.82, 2.24) is 5.43 Å². The van der Waals surface area contributed by atoms with Crippen LogP contribution in [0.3, 0.4) is 0 Å². The first-order valence-electron chi connectivity index (χ1n) is 11.0. The number of fused-ring (bicyclic) bond motifs is 2. The summed E-state index contributed by atoms with van der Waals surface area (Å²) < 4.78 is 12.1. The quantitative estimate of drug-likeness (QED) is 0.117. The molecule has 8 heteroatoms. The van der Waals surface area contributed by atoms with Gasteiger partial charge in [0.1, 0.15) is 16.4 Å². The van der Waals surface area contributed by atoms with E-state index in [4.69, 9.17) is 21.1 Å². The van der Waals surface area contributed by atoms with E-state index in [0.717, 1.165) is 20.9 Å². The summed E-state index contributed by atoms with van der Waals surface area (Å²) in [6, 6.07) is 27.8. The molecule has 0 fully saturated rings. The van der Waals surface area contributed by atoms with E-state index in [1.807, 2.05) is 66.7 Å². The average Bonchev–Trinajstić information content (AvgIpc) is 3.24. The summed E-state index contributed by atoms with van der Waals surface area (Å²) in [5.41, 5.74) is 3.08. The molecule has 5 aromatic rings. The molecule has 0 spiro atoms. The van der Waals surface area contributed by atoms with Gasteiger partial charge in [-0.2, -0.15) is 5.10 Å². The normalized spacial score (nSPS) is 11.1. The number of hydrogen-bond donors (Lipinski definition) is 1. The van der Waals surface area contributed by atoms with Gasteiger partial charge in [0, 0.05) is 15.5 Å². The largest absolute Gasteiger partial charge is 0.483 e. The van der Waals surface area contributed by atoms with Crippen LogP contribution in [0.5, 0.6) is 11.5 Å². The highest BCUT2D eigenvalue weighted by molar-refractivity contribution is 7.21. The highest BCUT2D eigenvalue weighted by atomic mass is 35.5. The van der Waals surface area contributed by atoms with Gasteiger partial charge in [0.05, 0.1) is 11.2 Å². The molecule has 0 bridgehead atoms. The van der Waals surface area contributed by atoms with Crippen molar-refractivity contribution in [2.24, 2.45) is 5.10 Å². The lowest BCUT2D eigenvalue weighted by atomic mass is 10.1. The van der Waals surface area contributed by atoms with E-state index in [9.17, 15) is 9.59 Å². The molecule has 1 amide bonds. The summed E-state index contributed by atoms with van der Waals surface area (Å²) >= 11 is 7.66. The Hall–Kier alpha value is -4.20. The molecule has 178 valence electrons. The molecule has 4 aromatic carbocycles. The van der Waals surface area contributed by atoms with Crippen LogP contribution in [0.4, 0.5) is 0 Å². The number of ether oxygens (including phenoxy) is 2. The van der Waals surface area contributed by atoms with E-state index in [1.165, 1.54) is 17.6 Å². The Morgan fingerprint density at radius 3 is 2.53 bits per heavy atom. The van der Waals surface area contributed by atoms with E-state index < -0.39 is 11.9 Å². The summed E-state index contributed by atoms with van der Waals surface area (Å²) in [5.74, 6) is 0.0268. The molecule has 0 saturated carbocycles. The lowest BCUT2D eigenvalue weighted by Gasteiger charge is -2.08. The predicted molar refractivity (Wildman–Crippen MR) is 143 cm³/mol. The second-order valence-corrected chi connectivity index (χ2v) is 9.19. The van der Waals surface area contributed by atoms with Crippen molar-refractivity contribution in [2.75, 3.05) is 6.61 Å². The zero-order valence-corrected chi connectivity index (χ0v) is 20.4. The maximum atomic E-state index is 12.7. The second kappa shape index (κ2) is 10.6. The third kappa shape index (κ3) is 5.22. The molecule has 1 aromatic heterocycles. The molecule has 1 N–H and O–H groups in total.